The van der Waals surface area contributed by atoms with Gasteiger partial charge in [0.1, 0.15) is 140 Å². The van der Waals surface area contributed by atoms with Gasteiger partial charge in [0, 0.05) is 0 Å². The van der Waals surface area contributed by atoms with Crippen molar-refractivity contribution in [3.8, 4) is 0 Å². The summed E-state index contributed by atoms with van der Waals surface area (Å²) in [6.45, 7) is 13.4. The fraction of sp³-hybridized carbons (Fsp3) is 0.956. The van der Waals surface area contributed by atoms with Gasteiger partial charge in [-0.3, -0.25) is 4.79 Å². The van der Waals surface area contributed by atoms with E-state index in [9.17, 15) is 97.0 Å². The molecule has 0 spiro atoms. The molecule has 5 aliphatic carbocycles. The van der Waals surface area contributed by atoms with Gasteiger partial charge in [0.2, 0.25) is 6.29 Å². The van der Waals surface area contributed by atoms with E-state index in [0.29, 0.717) is 44.9 Å². The van der Waals surface area contributed by atoms with E-state index >= 15 is 4.79 Å². The number of carbonyl (C=O) groups is 1. The number of allylic oxidation sites excluding steroid dienone is 2. The summed E-state index contributed by atoms with van der Waals surface area (Å²) in [7, 11) is 0. The van der Waals surface area contributed by atoms with Gasteiger partial charge in [0.25, 0.3) is 0 Å². The van der Waals surface area contributed by atoms with Crippen molar-refractivity contribution in [1.82, 2.24) is 0 Å². The highest BCUT2D eigenvalue weighted by molar-refractivity contribution is 5.80. The molecule has 34 nitrogen and oxygen atoms in total. The lowest BCUT2D eigenvalue weighted by atomic mass is 9.33. The molecule has 0 aromatic heterocycles. The van der Waals surface area contributed by atoms with Crippen molar-refractivity contribution in [3.05, 3.63) is 11.6 Å². The van der Waals surface area contributed by atoms with Crippen LogP contribution in [-0.4, -0.2) is 345 Å². The van der Waals surface area contributed by atoms with Crippen LogP contribution in [0.5, 0.6) is 0 Å². The molecule has 7 aliphatic heterocycles. The number of aliphatic hydroxyl groups is 19. The molecule has 102 heavy (non-hydrogen) atoms. The number of aliphatic hydroxyl groups excluding tert-OH is 19. The third kappa shape index (κ3) is 13.8. The number of hydrogen-bond donors (Lipinski definition) is 19. The minimum Gasteiger partial charge on any atom is -0.432 e. The second kappa shape index (κ2) is 30.0. The summed E-state index contributed by atoms with van der Waals surface area (Å²) >= 11 is 0. The van der Waals surface area contributed by atoms with Crippen molar-refractivity contribution >= 4 is 5.97 Å². The first-order valence-electron chi connectivity index (χ1n) is 35.9. The smallest absolute Gasteiger partial charge is 0.317 e. The molecule has 11 fully saturated rings. The van der Waals surface area contributed by atoms with Crippen LogP contribution in [0.3, 0.4) is 0 Å². The first kappa shape index (κ1) is 79.5. The minimum atomic E-state index is -2.04. The SMILES string of the molecule is C[C@@H]1O[C@@H](O[C@H]2[C@H](OC(=O)[C@]34CCC(C)(C)C[C@H]3C3=CCC5[C@@]6(C)CC[C@H](O[C@@H]7O[C@H](CO[C@@H]8OC[C@H](O)[C@H](O)[C@H]8O[C@@H]8OC[C@@H](O)[C@H](O)[C@H]8O)[C@@H](O)[C@H](O)[C@H]7O)C(C)(C)C6CC[C@@]5(C)[C@]3(C)C[C@H]4O)O[C@H](CO)[C@@H](O)[C@@H]2O)[C@H](O)[C@H](O)[C@H]1O[C@@H]1OC[C@@H](O)[C@H](O[C@@H]2OC[C@@H](O)[C@H](O)[C@H]2O)[C@H]1O. The Balaban J connectivity index is 0.726. The quantitative estimate of drug-likeness (QED) is 0.0389. The predicted molar refractivity (Wildman–Crippen MR) is 337 cm³/mol. The maximum atomic E-state index is 15.7. The minimum absolute atomic E-state index is 0.00131. The van der Waals surface area contributed by atoms with Gasteiger partial charge in [0.15, 0.2) is 43.8 Å². The Morgan fingerprint density at radius 1 is 0.471 bits per heavy atom. The van der Waals surface area contributed by atoms with Crippen LogP contribution in [0.2, 0.25) is 0 Å². The second-order valence-corrected chi connectivity index (χ2v) is 33.0. The molecule has 7 saturated heterocycles. The Labute approximate surface area is 589 Å². The topological polar surface area (TPSA) is 531 Å². The third-order valence-electron chi connectivity index (χ3n) is 26.1. The van der Waals surface area contributed by atoms with Gasteiger partial charge in [-0.25, -0.2) is 0 Å². The third-order valence-corrected chi connectivity index (χ3v) is 26.1. The molecule has 12 aliphatic rings. The van der Waals surface area contributed by atoms with Crippen molar-refractivity contribution in [2.45, 2.75) is 316 Å². The van der Waals surface area contributed by atoms with Crippen LogP contribution in [0, 0.1) is 50.2 Å². The highest BCUT2D eigenvalue weighted by atomic mass is 16.8. The van der Waals surface area contributed by atoms with Gasteiger partial charge in [-0.1, -0.05) is 60.1 Å². The Morgan fingerprint density at radius 3 is 1.62 bits per heavy atom. The number of esters is 1. The summed E-state index contributed by atoms with van der Waals surface area (Å²) < 4.78 is 82.7. The molecule has 19 N–H and O–H groups in total. The average molecular weight is 1470 g/mol. The molecular formula is C68H110O34. The summed E-state index contributed by atoms with van der Waals surface area (Å²) in [5.41, 5.74) is -3.11. The summed E-state index contributed by atoms with van der Waals surface area (Å²) in [6.07, 6.45) is -46.9. The van der Waals surface area contributed by atoms with E-state index in [1.807, 2.05) is 0 Å². The van der Waals surface area contributed by atoms with E-state index < -0.39 is 276 Å². The molecular weight excluding hydrogens is 1360 g/mol. The van der Waals surface area contributed by atoms with Gasteiger partial charge in [-0.2, -0.15) is 0 Å². The number of carbonyl (C=O) groups excluding carboxylic acids is 1. The van der Waals surface area contributed by atoms with Crippen molar-refractivity contribution in [2.24, 2.45) is 50.2 Å². The fourth-order valence-electron chi connectivity index (χ4n) is 19.8. The normalized spacial score (nSPS) is 54.8. The standard InChI is InChI=1S/C68H110O34/c1-25-51(98-57-50(87)52(31(73)23-91-57)99-55-46(83)38(75)28(70)20-89-55)45(82)49(86)58(94-25)101-54-44(81)41(78)32(19-69)95-61(54)102-62(88)68-16-15-63(2,3)17-27(68)26-9-10-35-65(6)13-12-37(64(4,5)34(65)11-14-66(35,7)67(26,8)18-36(68)74)97-59-48(85)43(80)42(79)33(96-59)24-93-60-53(40(77)30(72)22-92-60)100-56-47(84)39(76)29(71)21-90-56/h9,25,27-61,69-87H,10-24H2,1-8H3/t25-,27-,28+,29+,30-,31+,32+,33+,34?,35?,36+,37-,38-,39-,40-,41+,42+,43-,44-,45-,46+,47+,48+,49+,50+,51-,52-,53+,54+,55-,56-,57-,58-,59-,60-,61-,65-,66+,67+,68+/m0/s1. The lowest BCUT2D eigenvalue weighted by Gasteiger charge is -2.71. The zero-order valence-corrected chi connectivity index (χ0v) is 58.6. The van der Waals surface area contributed by atoms with Crippen LogP contribution >= 0.6 is 0 Å². The van der Waals surface area contributed by atoms with Crippen LogP contribution in [0.4, 0.5) is 0 Å². The molecule has 2 unspecified atom stereocenters. The Bertz CT molecular complexity index is 2900. The van der Waals surface area contributed by atoms with E-state index in [0.717, 1.165) is 5.57 Å². The summed E-state index contributed by atoms with van der Waals surface area (Å²) in [5, 5.41) is 209. The second-order valence-electron chi connectivity index (χ2n) is 33.0. The van der Waals surface area contributed by atoms with Crippen molar-refractivity contribution in [3.63, 3.8) is 0 Å². The molecule has 7 heterocycles. The van der Waals surface area contributed by atoms with Crippen LogP contribution in [0.15, 0.2) is 11.6 Å². The first-order valence-corrected chi connectivity index (χ1v) is 35.9. The van der Waals surface area contributed by atoms with E-state index in [1.54, 1.807) is 0 Å². The molecule has 0 aromatic carbocycles. The van der Waals surface area contributed by atoms with Gasteiger partial charge in [-0.05, 0) is 110 Å². The van der Waals surface area contributed by atoms with Crippen LogP contribution in [0.1, 0.15) is 113 Å². The lowest BCUT2D eigenvalue weighted by Crippen LogP contribution is -2.68. The maximum Gasteiger partial charge on any atom is 0.317 e. The van der Waals surface area contributed by atoms with E-state index in [1.165, 1.54) is 6.92 Å². The largest absolute Gasteiger partial charge is 0.432 e. The molecule has 12 rings (SSSR count). The van der Waals surface area contributed by atoms with Crippen LogP contribution < -0.4 is 0 Å². The first-order chi connectivity index (χ1) is 47.8. The van der Waals surface area contributed by atoms with Crippen molar-refractivity contribution in [2.75, 3.05) is 39.6 Å². The number of ether oxygens (including phenoxy) is 14. The maximum absolute atomic E-state index is 15.7. The molecule has 0 radical (unpaired) electrons. The van der Waals surface area contributed by atoms with Gasteiger partial charge < -0.3 is 163 Å². The molecule has 0 amide bonds. The van der Waals surface area contributed by atoms with Crippen molar-refractivity contribution in [1.29, 1.82) is 0 Å². The van der Waals surface area contributed by atoms with E-state index in [-0.39, 0.29) is 35.5 Å². The molecule has 40 atom stereocenters. The van der Waals surface area contributed by atoms with Crippen molar-refractivity contribution < 1.29 is 168 Å². The molecule has 586 valence electrons. The number of hydrogen-bond acceptors (Lipinski definition) is 34. The molecule has 0 aromatic rings. The van der Waals surface area contributed by atoms with Crippen LogP contribution in [0.25, 0.3) is 0 Å². The number of fused-ring (bicyclic) bond motifs is 7. The predicted octanol–water partition coefficient (Wildman–Crippen LogP) is -6.01. The molecule has 4 saturated carbocycles. The Morgan fingerprint density at radius 2 is 0.980 bits per heavy atom. The average Bonchev–Trinajstić information content (AvgIpc) is 0.671. The summed E-state index contributed by atoms with van der Waals surface area (Å²) in [5.74, 6) is -1.48. The zero-order valence-electron chi connectivity index (χ0n) is 58.6. The zero-order chi connectivity index (χ0) is 74.2. The van der Waals surface area contributed by atoms with Crippen LogP contribution in [-0.2, 0) is 71.1 Å². The number of rotatable bonds is 16. The lowest BCUT2D eigenvalue weighted by molar-refractivity contribution is -0.379. The Hall–Kier alpha value is -2.07. The van der Waals surface area contributed by atoms with Gasteiger partial charge >= 0.3 is 5.97 Å². The van der Waals surface area contributed by atoms with Gasteiger partial charge in [0.05, 0.1) is 58.0 Å². The molecule has 0 bridgehead atoms. The fourth-order valence-corrected chi connectivity index (χ4v) is 19.8. The van der Waals surface area contributed by atoms with E-state index in [4.69, 9.17) is 66.3 Å². The summed E-state index contributed by atoms with van der Waals surface area (Å²) in [4.78, 5) is 15.7. The van der Waals surface area contributed by atoms with Gasteiger partial charge in [-0.15, -0.1) is 0 Å². The van der Waals surface area contributed by atoms with E-state index in [2.05, 4.69) is 54.5 Å². The Kier molecular flexibility index (Phi) is 23.4. The molecule has 34 heteroatoms. The monoisotopic (exact) mass is 1470 g/mol. The highest BCUT2D eigenvalue weighted by Gasteiger charge is 2.73. The highest BCUT2D eigenvalue weighted by Crippen LogP contribution is 2.76. The summed E-state index contributed by atoms with van der Waals surface area (Å²) in [6, 6.07) is 0.